The molecule has 0 aromatic heterocycles. The van der Waals surface area contributed by atoms with Gasteiger partial charge in [0.2, 0.25) is 0 Å². The van der Waals surface area contributed by atoms with Crippen LogP contribution in [0.5, 0.6) is 0 Å². The van der Waals surface area contributed by atoms with Crippen molar-refractivity contribution in [3.8, 4) is 0 Å². The molecule has 0 aliphatic rings. The average Bonchev–Trinajstić information content (AvgIpc) is 2.21. The topological polar surface area (TPSA) is 49.3 Å². The Hall–Kier alpha value is -0.580. The molecule has 2 N–H and O–H groups in total. The molecule has 0 aliphatic carbocycles. The van der Waals surface area contributed by atoms with Crippen LogP contribution in [0.3, 0.4) is 0 Å². The molecule has 0 unspecified atom stereocenters. The van der Waals surface area contributed by atoms with E-state index in [1.165, 1.54) is 0 Å². The van der Waals surface area contributed by atoms with Crippen molar-refractivity contribution in [3.05, 3.63) is 33.3 Å². The van der Waals surface area contributed by atoms with E-state index in [2.05, 4.69) is 21.2 Å². The second-order valence-electron chi connectivity index (χ2n) is 3.18. The number of hydrogen-bond acceptors (Lipinski definition) is 2. The SMILES string of the molecule is C[C@H](CO)NC(=O)c1cc(Br)ccc1Cl. The first-order valence-electron chi connectivity index (χ1n) is 4.41. The van der Waals surface area contributed by atoms with Crippen molar-refractivity contribution in [1.29, 1.82) is 0 Å². The van der Waals surface area contributed by atoms with Crippen molar-refractivity contribution in [2.45, 2.75) is 13.0 Å². The molecule has 15 heavy (non-hydrogen) atoms. The Kier molecular flexibility index (Phi) is 4.57. The quantitative estimate of drug-likeness (QED) is 0.897. The van der Waals surface area contributed by atoms with Gasteiger partial charge in [-0.25, -0.2) is 0 Å². The predicted molar refractivity (Wildman–Crippen MR) is 63.2 cm³/mol. The van der Waals surface area contributed by atoms with Crippen LogP contribution in [-0.2, 0) is 0 Å². The van der Waals surface area contributed by atoms with Crippen molar-refractivity contribution >= 4 is 33.4 Å². The fourth-order valence-electron chi connectivity index (χ4n) is 1.02. The summed E-state index contributed by atoms with van der Waals surface area (Å²) in [4.78, 5) is 11.7. The van der Waals surface area contributed by atoms with E-state index in [4.69, 9.17) is 16.7 Å². The van der Waals surface area contributed by atoms with Gasteiger partial charge in [0.15, 0.2) is 0 Å². The molecule has 1 aromatic carbocycles. The molecule has 1 amide bonds. The van der Waals surface area contributed by atoms with Gasteiger partial charge in [0.1, 0.15) is 0 Å². The third-order valence-electron chi connectivity index (χ3n) is 1.82. The Morgan fingerprint density at radius 1 is 1.67 bits per heavy atom. The molecule has 1 aromatic rings. The first-order valence-corrected chi connectivity index (χ1v) is 5.58. The Bertz CT molecular complexity index is 370. The fraction of sp³-hybridized carbons (Fsp3) is 0.300. The largest absolute Gasteiger partial charge is 0.394 e. The van der Waals surface area contributed by atoms with Gasteiger partial charge in [-0.15, -0.1) is 0 Å². The number of carbonyl (C=O) groups is 1. The zero-order chi connectivity index (χ0) is 11.4. The number of amides is 1. The number of aliphatic hydroxyl groups is 1. The second kappa shape index (κ2) is 5.49. The summed E-state index contributed by atoms with van der Waals surface area (Å²) in [6.45, 7) is 1.61. The van der Waals surface area contributed by atoms with Gasteiger partial charge in [-0.2, -0.15) is 0 Å². The zero-order valence-corrected chi connectivity index (χ0v) is 10.5. The standard InChI is InChI=1S/C10H11BrClNO2/c1-6(5-14)13-10(15)8-4-7(11)2-3-9(8)12/h2-4,6,14H,5H2,1H3,(H,13,15)/t6-/m1/s1. The number of rotatable bonds is 3. The van der Waals surface area contributed by atoms with Crippen LogP contribution in [0.1, 0.15) is 17.3 Å². The third kappa shape index (κ3) is 3.48. The maximum Gasteiger partial charge on any atom is 0.253 e. The minimum atomic E-state index is -0.289. The molecule has 5 heteroatoms. The van der Waals surface area contributed by atoms with E-state index in [1.54, 1.807) is 25.1 Å². The summed E-state index contributed by atoms with van der Waals surface area (Å²) in [7, 11) is 0. The number of hydrogen-bond donors (Lipinski definition) is 2. The van der Waals surface area contributed by atoms with Gasteiger partial charge in [0.25, 0.3) is 5.91 Å². The summed E-state index contributed by atoms with van der Waals surface area (Å²) < 4.78 is 0.786. The number of nitrogens with one attached hydrogen (secondary N) is 1. The molecule has 0 bridgehead atoms. The van der Waals surface area contributed by atoms with Crippen LogP contribution in [0.4, 0.5) is 0 Å². The maximum absolute atomic E-state index is 11.7. The molecule has 0 saturated heterocycles. The van der Waals surface area contributed by atoms with E-state index in [-0.39, 0.29) is 18.6 Å². The lowest BCUT2D eigenvalue weighted by molar-refractivity contribution is 0.0922. The van der Waals surface area contributed by atoms with Crippen LogP contribution in [0.15, 0.2) is 22.7 Å². The number of aliphatic hydroxyl groups excluding tert-OH is 1. The highest BCUT2D eigenvalue weighted by Crippen LogP contribution is 2.20. The highest BCUT2D eigenvalue weighted by Gasteiger charge is 2.12. The molecule has 0 saturated carbocycles. The molecule has 1 rings (SSSR count). The molecular formula is C10H11BrClNO2. The lowest BCUT2D eigenvalue weighted by atomic mass is 10.2. The summed E-state index contributed by atoms with van der Waals surface area (Å²) in [5.41, 5.74) is 0.395. The minimum Gasteiger partial charge on any atom is -0.394 e. The number of benzene rings is 1. The van der Waals surface area contributed by atoms with E-state index in [0.717, 1.165) is 4.47 Å². The summed E-state index contributed by atoms with van der Waals surface area (Å²) in [6, 6.07) is 4.76. The highest BCUT2D eigenvalue weighted by molar-refractivity contribution is 9.10. The van der Waals surface area contributed by atoms with Crippen molar-refractivity contribution in [1.82, 2.24) is 5.32 Å². The van der Waals surface area contributed by atoms with Crippen molar-refractivity contribution in [2.24, 2.45) is 0 Å². The highest BCUT2D eigenvalue weighted by atomic mass is 79.9. The number of halogens is 2. The lowest BCUT2D eigenvalue weighted by Gasteiger charge is -2.11. The van der Waals surface area contributed by atoms with E-state index in [0.29, 0.717) is 10.6 Å². The molecule has 82 valence electrons. The Morgan fingerprint density at radius 3 is 2.93 bits per heavy atom. The summed E-state index contributed by atoms with van der Waals surface area (Å²) in [6.07, 6.45) is 0. The molecule has 0 radical (unpaired) electrons. The van der Waals surface area contributed by atoms with Crippen LogP contribution in [-0.4, -0.2) is 23.7 Å². The van der Waals surface area contributed by atoms with Crippen molar-refractivity contribution in [2.75, 3.05) is 6.61 Å². The van der Waals surface area contributed by atoms with Gasteiger partial charge < -0.3 is 10.4 Å². The second-order valence-corrected chi connectivity index (χ2v) is 4.50. The molecule has 0 aliphatic heterocycles. The fourth-order valence-corrected chi connectivity index (χ4v) is 1.58. The lowest BCUT2D eigenvalue weighted by Crippen LogP contribution is -2.35. The van der Waals surface area contributed by atoms with Crippen LogP contribution >= 0.6 is 27.5 Å². The Morgan fingerprint density at radius 2 is 2.33 bits per heavy atom. The van der Waals surface area contributed by atoms with Crippen molar-refractivity contribution < 1.29 is 9.90 Å². The maximum atomic E-state index is 11.7. The van der Waals surface area contributed by atoms with Crippen LogP contribution < -0.4 is 5.32 Å². The minimum absolute atomic E-state index is 0.0998. The van der Waals surface area contributed by atoms with Crippen molar-refractivity contribution in [3.63, 3.8) is 0 Å². The molecular weight excluding hydrogens is 281 g/mol. The molecule has 0 fully saturated rings. The van der Waals surface area contributed by atoms with Crippen LogP contribution in [0.25, 0.3) is 0 Å². The smallest absolute Gasteiger partial charge is 0.253 e. The first-order chi connectivity index (χ1) is 7.04. The monoisotopic (exact) mass is 291 g/mol. The zero-order valence-electron chi connectivity index (χ0n) is 8.13. The average molecular weight is 293 g/mol. The van der Waals surface area contributed by atoms with Gasteiger partial charge in [0, 0.05) is 10.5 Å². The van der Waals surface area contributed by atoms with Gasteiger partial charge in [-0.1, -0.05) is 27.5 Å². The molecule has 0 heterocycles. The van der Waals surface area contributed by atoms with Gasteiger partial charge >= 0.3 is 0 Å². The van der Waals surface area contributed by atoms with E-state index in [1.807, 2.05) is 0 Å². The summed E-state index contributed by atoms with van der Waals surface area (Å²) in [5, 5.41) is 11.8. The molecule has 1 atom stereocenters. The Balaban J connectivity index is 2.86. The normalized spacial score (nSPS) is 12.3. The van der Waals surface area contributed by atoms with E-state index in [9.17, 15) is 4.79 Å². The summed E-state index contributed by atoms with van der Waals surface area (Å²) in [5.74, 6) is -0.289. The van der Waals surface area contributed by atoms with E-state index >= 15 is 0 Å². The van der Waals surface area contributed by atoms with Crippen LogP contribution in [0.2, 0.25) is 5.02 Å². The summed E-state index contributed by atoms with van der Waals surface area (Å²) >= 11 is 9.13. The molecule has 0 spiro atoms. The number of carbonyl (C=O) groups excluding carboxylic acids is 1. The molecule has 3 nitrogen and oxygen atoms in total. The van der Waals surface area contributed by atoms with E-state index < -0.39 is 0 Å². The Labute approximate surface area is 102 Å². The van der Waals surface area contributed by atoms with Gasteiger partial charge in [-0.05, 0) is 25.1 Å². The van der Waals surface area contributed by atoms with Gasteiger partial charge in [0.05, 0.1) is 17.2 Å². The van der Waals surface area contributed by atoms with Crippen LogP contribution in [0, 0.1) is 0 Å². The third-order valence-corrected chi connectivity index (χ3v) is 2.65. The van der Waals surface area contributed by atoms with Gasteiger partial charge in [-0.3, -0.25) is 4.79 Å². The predicted octanol–water partition coefficient (Wildman–Crippen LogP) is 2.21. The first kappa shape index (κ1) is 12.5.